The van der Waals surface area contributed by atoms with Crippen molar-refractivity contribution in [3.05, 3.63) is 28.8 Å². The second-order valence-electron chi connectivity index (χ2n) is 4.17. The molecule has 1 aromatic carbocycles. The quantitative estimate of drug-likeness (QED) is 0.769. The van der Waals surface area contributed by atoms with E-state index in [9.17, 15) is 9.90 Å². The molecule has 1 aromatic rings. The first-order chi connectivity index (χ1) is 6.97. The van der Waals surface area contributed by atoms with Crippen molar-refractivity contribution in [2.75, 3.05) is 0 Å². The van der Waals surface area contributed by atoms with E-state index < -0.39 is 0 Å². The zero-order chi connectivity index (χ0) is 11.6. The van der Waals surface area contributed by atoms with E-state index in [2.05, 4.69) is 13.8 Å². The van der Waals surface area contributed by atoms with E-state index in [4.69, 9.17) is 0 Å². The largest absolute Gasteiger partial charge is 0.507 e. The van der Waals surface area contributed by atoms with Crippen LogP contribution in [0.2, 0.25) is 0 Å². The van der Waals surface area contributed by atoms with Crippen molar-refractivity contribution in [3.8, 4) is 5.75 Å². The Morgan fingerprint density at radius 2 is 2.00 bits per heavy atom. The summed E-state index contributed by atoms with van der Waals surface area (Å²) in [7, 11) is 0. The van der Waals surface area contributed by atoms with Crippen molar-refractivity contribution < 1.29 is 9.90 Å². The van der Waals surface area contributed by atoms with E-state index in [0.717, 1.165) is 11.1 Å². The lowest BCUT2D eigenvalue weighted by molar-refractivity contribution is 0.0985. The van der Waals surface area contributed by atoms with Crippen molar-refractivity contribution in [1.82, 2.24) is 0 Å². The number of carbonyl (C=O) groups excluding carboxylic acids is 1. The maximum atomic E-state index is 11.6. The number of hydrogen-bond donors (Lipinski definition) is 1. The summed E-state index contributed by atoms with van der Waals surface area (Å²) in [6, 6.07) is 3.74. The molecule has 2 heteroatoms. The molecular formula is C13H18O2. The summed E-state index contributed by atoms with van der Waals surface area (Å²) >= 11 is 0. The fraction of sp³-hybridized carbons (Fsp3) is 0.462. The van der Waals surface area contributed by atoms with Crippen LogP contribution in [-0.4, -0.2) is 10.9 Å². The zero-order valence-electron chi connectivity index (χ0n) is 9.79. The number of ketones is 1. The number of phenols is 1. The number of phenolic OH excluding ortho intramolecular Hbond substituents is 1. The highest BCUT2D eigenvalue weighted by Crippen LogP contribution is 2.28. The van der Waals surface area contributed by atoms with Crippen LogP contribution in [0.15, 0.2) is 12.1 Å². The number of benzene rings is 1. The van der Waals surface area contributed by atoms with Crippen LogP contribution in [0.3, 0.4) is 0 Å². The monoisotopic (exact) mass is 206 g/mol. The summed E-state index contributed by atoms with van der Waals surface area (Å²) in [5, 5.41) is 9.78. The van der Waals surface area contributed by atoms with Gasteiger partial charge in [-0.15, -0.1) is 0 Å². The Kier molecular flexibility index (Phi) is 3.51. The van der Waals surface area contributed by atoms with Crippen LogP contribution in [0.5, 0.6) is 5.75 Å². The van der Waals surface area contributed by atoms with E-state index >= 15 is 0 Å². The Morgan fingerprint density at radius 1 is 1.40 bits per heavy atom. The number of rotatable bonds is 3. The third kappa shape index (κ3) is 2.38. The predicted molar refractivity (Wildman–Crippen MR) is 61.6 cm³/mol. The summed E-state index contributed by atoms with van der Waals surface area (Å²) in [5.74, 6) is 0.497. The standard InChI is InChI=1S/C13H18O2/c1-5-12(14)11-7-10(8(2)3)6-9(4)13(11)15/h6-8,15H,5H2,1-4H3. The molecule has 0 aliphatic heterocycles. The second-order valence-corrected chi connectivity index (χ2v) is 4.17. The molecule has 0 spiro atoms. The van der Waals surface area contributed by atoms with Crippen LogP contribution < -0.4 is 0 Å². The Morgan fingerprint density at radius 3 is 2.47 bits per heavy atom. The molecule has 0 aliphatic rings. The maximum Gasteiger partial charge on any atom is 0.166 e. The summed E-state index contributed by atoms with van der Waals surface area (Å²) < 4.78 is 0. The molecule has 0 aliphatic carbocycles. The molecule has 2 nitrogen and oxygen atoms in total. The van der Waals surface area contributed by atoms with Crippen LogP contribution in [0.4, 0.5) is 0 Å². The molecule has 82 valence electrons. The predicted octanol–water partition coefficient (Wildman–Crippen LogP) is 3.42. The molecule has 0 saturated heterocycles. The lowest BCUT2D eigenvalue weighted by Crippen LogP contribution is -2.01. The molecule has 1 rings (SSSR count). The Hall–Kier alpha value is -1.31. The molecule has 0 aromatic heterocycles. The molecule has 0 atom stereocenters. The van der Waals surface area contributed by atoms with Crippen molar-refractivity contribution >= 4 is 5.78 Å². The number of Topliss-reactive ketones (excluding diaryl/α,β-unsaturated/α-hetero) is 1. The van der Waals surface area contributed by atoms with Crippen LogP contribution in [0.1, 0.15) is 54.6 Å². The maximum absolute atomic E-state index is 11.6. The minimum atomic E-state index is -0.00176. The van der Waals surface area contributed by atoms with Gasteiger partial charge in [0.15, 0.2) is 5.78 Å². The Labute approximate surface area is 90.9 Å². The molecule has 0 unspecified atom stereocenters. The first-order valence-corrected chi connectivity index (χ1v) is 5.34. The number of hydrogen-bond acceptors (Lipinski definition) is 2. The summed E-state index contributed by atoms with van der Waals surface area (Å²) in [4.78, 5) is 11.6. The van der Waals surface area contributed by atoms with Gasteiger partial charge in [-0.2, -0.15) is 0 Å². The fourth-order valence-electron chi connectivity index (χ4n) is 1.54. The van der Waals surface area contributed by atoms with Gasteiger partial charge in [0.25, 0.3) is 0 Å². The molecular weight excluding hydrogens is 188 g/mol. The van der Waals surface area contributed by atoms with E-state index in [1.807, 2.05) is 13.0 Å². The van der Waals surface area contributed by atoms with Crippen LogP contribution in [-0.2, 0) is 0 Å². The highest BCUT2D eigenvalue weighted by molar-refractivity contribution is 5.99. The molecule has 1 N–H and O–H groups in total. The van der Waals surface area contributed by atoms with Crippen LogP contribution in [0.25, 0.3) is 0 Å². The summed E-state index contributed by atoms with van der Waals surface area (Å²) in [6.07, 6.45) is 0.425. The van der Waals surface area contributed by atoms with Crippen molar-refractivity contribution in [2.45, 2.75) is 40.0 Å². The van der Waals surface area contributed by atoms with Crippen molar-refractivity contribution in [2.24, 2.45) is 0 Å². The molecule has 0 fully saturated rings. The van der Waals surface area contributed by atoms with Crippen LogP contribution in [0, 0.1) is 6.92 Å². The first-order valence-electron chi connectivity index (χ1n) is 5.34. The average molecular weight is 206 g/mol. The normalized spacial score (nSPS) is 10.7. The molecule has 0 saturated carbocycles. The Balaban J connectivity index is 3.31. The number of aromatic hydroxyl groups is 1. The lowest BCUT2D eigenvalue weighted by atomic mass is 9.95. The fourth-order valence-corrected chi connectivity index (χ4v) is 1.54. The Bertz CT molecular complexity index is 378. The summed E-state index contributed by atoms with van der Waals surface area (Å²) in [5.41, 5.74) is 2.33. The highest BCUT2D eigenvalue weighted by atomic mass is 16.3. The smallest absolute Gasteiger partial charge is 0.166 e. The van der Waals surface area contributed by atoms with Gasteiger partial charge >= 0.3 is 0 Å². The molecule has 0 heterocycles. The van der Waals surface area contributed by atoms with E-state index in [1.54, 1.807) is 13.0 Å². The zero-order valence-corrected chi connectivity index (χ0v) is 9.79. The average Bonchev–Trinajstić information content (AvgIpc) is 2.20. The molecule has 0 bridgehead atoms. The second kappa shape index (κ2) is 4.47. The minimum Gasteiger partial charge on any atom is -0.507 e. The SMILES string of the molecule is CCC(=O)c1cc(C(C)C)cc(C)c1O. The molecule has 15 heavy (non-hydrogen) atoms. The van der Waals surface area contributed by atoms with Gasteiger partial charge < -0.3 is 5.11 Å². The summed E-state index contributed by atoms with van der Waals surface area (Å²) in [6.45, 7) is 7.78. The third-order valence-corrected chi connectivity index (χ3v) is 2.61. The van der Waals surface area contributed by atoms with Gasteiger partial charge in [-0.3, -0.25) is 4.79 Å². The van der Waals surface area contributed by atoms with E-state index in [1.165, 1.54) is 0 Å². The van der Waals surface area contributed by atoms with Gasteiger partial charge in [-0.1, -0.05) is 26.8 Å². The third-order valence-electron chi connectivity index (χ3n) is 2.61. The number of aryl methyl sites for hydroxylation is 1. The van der Waals surface area contributed by atoms with Gasteiger partial charge in [0.05, 0.1) is 5.56 Å². The van der Waals surface area contributed by atoms with Gasteiger partial charge in [-0.25, -0.2) is 0 Å². The minimum absolute atomic E-state index is 0.00176. The van der Waals surface area contributed by atoms with Gasteiger partial charge in [0, 0.05) is 6.42 Å². The van der Waals surface area contributed by atoms with E-state index in [-0.39, 0.29) is 11.5 Å². The van der Waals surface area contributed by atoms with Gasteiger partial charge in [-0.05, 0) is 30.0 Å². The number of carbonyl (C=O) groups is 1. The van der Waals surface area contributed by atoms with Crippen molar-refractivity contribution in [1.29, 1.82) is 0 Å². The lowest BCUT2D eigenvalue weighted by Gasteiger charge is -2.11. The molecule has 0 radical (unpaired) electrons. The van der Waals surface area contributed by atoms with E-state index in [0.29, 0.717) is 17.9 Å². The topological polar surface area (TPSA) is 37.3 Å². The van der Waals surface area contributed by atoms with Crippen molar-refractivity contribution in [3.63, 3.8) is 0 Å². The van der Waals surface area contributed by atoms with Crippen LogP contribution >= 0.6 is 0 Å². The first kappa shape index (κ1) is 11.8. The van der Waals surface area contributed by atoms with Gasteiger partial charge in [0.1, 0.15) is 5.75 Å². The van der Waals surface area contributed by atoms with Gasteiger partial charge in [0.2, 0.25) is 0 Å². The highest BCUT2D eigenvalue weighted by Gasteiger charge is 2.13. The molecule has 0 amide bonds.